The normalized spacial score (nSPS) is 11.8. The van der Waals surface area contributed by atoms with Crippen LogP contribution in [0.4, 0.5) is 0 Å². The molecule has 0 aliphatic rings. The lowest BCUT2D eigenvalue weighted by atomic mass is 9.99. The van der Waals surface area contributed by atoms with Gasteiger partial charge in [-0.2, -0.15) is 5.26 Å². The average molecular weight is 240 g/mol. The largest absolute Gasteiger partial charge is 0.479 e. The molecule has 84 valence electrons. The van der Waals surface area contributed by atoms with Gasteiger partial charge in [0.25, 0.3) is 0 Å². The lowest BCUT2D eigenvalue weighted by molar-refractivity contribution is -0.147. The van der Waals surface area contributed by atoms with Crippen LogP contribution < -0.4 is 0 Å². The monoisotopic (exact) mass is 239 g/mol. The SMILES string of the molecule is N#CCCc1c(Cl)cccc1C(O)C(=O)O. The molecule has 0 spiro atoms. The van der Waals surface area contributed by atoms with Gasteiger partial charge in [-0.05, 0) is 23.6 Å². The third-order valence-electron chi connectivity index (χ3n) is 2.17. The van der Waals surface area contributed by atoms with Crippen LogP contribution in [-0.4, -0.2) is 16.2 Å². The van der Waals surface area contributed by atoms with E-state index in [1.165, 1.54) is 6.07 Å². The van der Waals surface area contributed by atoms with Gasteiger partial charge in [-0.15, -0.1) is 0 Å². The minimum absolute atomic E-state index is 0.225. The molecule has 1 rings (SSSR count). The van der Waals surface area contributed by atoms with Crippen LogP contribution in [0.5, 0.6) is 0 Å². The van der Waals surface area contributed by atoms with Crippen LogP contribution >= 0.6 is 11.6 Å². The minimum atomic E-state index is -1.60. The average Bonchev–Trinajstić information content (AvgIpc) is 2.26. The highest BCUT2D eigenvalue weighted by atomic mass is 35.5. The Morgan fingerprint density at radius 1 is 1.56 bits per heavy atom. The molecule has 0 heterocycles. The second kappa shape index (κ2) is 5.50. The molecule has 0 aliphatic carbocycles. The number of carbonyl (C=O) groups is 1. The first kappa shape index (κ1) is 12.5. The molecular weight excluding hydrogens is 230 g/mol. The van der Waals surface area contributed by atoms with E-state index in [1.807, 2.05) is 6.07 Å². The van der Waals surface area contributed by atoms with Gasteiger partial charge >= 0.3 is 5.97 Å². The summed E-state index contributed by atoms with van der Waals surface area (Å²) in [5, 5.41) is 27.0. The number of nitriles is 1. The van der Waals surface area contributed by atoms with Gasteiger partial charge in [-0.1, -0.05) is 23.7 Å². The van der Waals surface area contributed by atoms with Crippen molar-refractivity contribution in [3.8, 4) is 6.07 Å². The van der Waals surface area contributed by atoms with Gasteiger partial charge in [-0.25, -0.2) is 4.79 Å². The third kappa shape index (κ3) is 2.72. The van der Waals surface area contributed by atoms with E-state index in [9.17, 15) is 9.90 Å². The van der Waals surface area contributed by atoms with Crippen LogP contribution in [0, 0.1) is 11.3 Å². The Labute approximate surface area is 97.7 Å². The molecule has 0 amide bonds. The van der Waals surface area contributed by atoms with Crippen LogP contribution in [-0.2, 0) is 11.2 Å². The highest BCUT2D eigenvalue weighted by Gasteiger charge is 2.20. The zero-order valence-corrected chi connectivity index (χ0v) is 9.11. The number of halogens is 1. The van der Waals surface area contributed by atoms with Crippen molar-refractivity contribution in [1.82, 2.24) is 0 Å². The van der Waals surface area contributed by atoms with Crippen molar-refractivity contribution in [2.75, 3.05) is 0 Å². The van der Waals surface area contributed by atoms with E-state index in [0.717, 1.165) is 0 Å². The Balaban J connectivity index is 3.12. The Morgan fingerprint density at radius 3 is 2.81 bits per heavy atom. The van der Waals surface area contributed by atoms with Gasteiger partial charge < -0.3 is 10.2 Å². The second-order valence-electron chi connectivity index (χ2n) is 3.21. The summed E-state index contributed by atoms with van der Waals surface area (Å²) < 4.78 is 0. The summed E-state index contributed by atoms with van der Waals surface area (Å²) in [6.07, 6.45) is -1.05. The highest BCUT2D eigenvalue weighted by molar-refractivity contribution is 6.31. The highest BCUT2D eigenvalue weighted by Crippen LogP contribution is 2.26. The predicted octanol–water partition coefficient (Wildman–Crippen LogP) is 1.91. The Bertz CT molecular complexity index is 439. The fraction of sp³-hybridized carbons (Fsp3) is 0.273. The molecule has 1 aromatic carbocycles. The molecule has 0 aromatic heterocycles. The molecule has 5 heteroatoms. The number of hydrogen-bond donors (Lipinski definition) is 2. The molecule has 0 aliphatic heterocycles. The Morgan fingerprint density at radius 2 is 2.25 bits per heavy atom. The van der Waals surface area contributed by atoms with Gasteiger partial charge in [0.2, 0.25) is 0 Å². The molecule has 0 fully saturated rings. The number of carboxylic acids is 1. The van der Waals surface area contributed by atoms with Crippen LogP contribution in [0.1, 0.15) is 23.7 Å². The summed E-state index contributed by atoms with van der Waals surface area (Å²) in [7, 11) is 0. The maximum absolute atomic E-state index is 10.7. The zero-order chi connectivity index (χ0) is 12.1. The van der Waals surface area contributed by atoms with E-state index in [4.69, 9.17) is 22.0 Å². The smallest absolute Gasteiger partial charge is 0.337 e. The molecular formula is C11H10ClNO3. The van der Waals surface area contributed by atoms with Crippen molar-refractivity contribution < 1.29 is 15.0 Å². The van der Waals surface area contributed by atoms with Gasteiger partial charge in [0.15, 0.2) is 6.10 Å². The number of benzene rings is 1. The summed E-state index contributed by atoms with van der Waals surface area (Å²) in [6.45, 7) is 0. The van der Waals surface area contributed by atoms with E-state index in [1.54, 1.807) is 12.1 Å². The first-order valence-corrected chi connectivity index (χ1v) is 5.00. The number of nitrogens with zero attached hydrogens (tertiary/aromatic N) is 1. The zero-order valence-electron chi connectivity index (χ0n) is 8.35. The van der Waals surface area contributed by atoms with Gasteiger partial charge in [-0.3, -0.25) is 0 Å². The molecule has 0 radical (unpaired) electrons. The summed E-state index contributed by atoms with van der Waals surface area (Å²) >= 11 is 5.90. The summed E-state index contributed by atoms with van der Waals surface area (Å²) in [5.74, 6) is -1.33. The molecule has 4 nitrogen and oxygen atoms in total. The van der Waals surface area contributed by atoms with Crippen LogP contribution in [0.2, 0.25) is 5.02 Å². The Kier molecular flexibility index (Phi) is 4.29. The van der Waals surface area contributed by atoms with Gasteiger partial charge in [0.1, 0.15) is 0 Å². The van der Waals surface area contributed by atoms with Crippen LogP contribution in [0.25, 0.3) is 0 Å². The van der Waals surface area contributed by atoms with E-state index < -0.39 is 12.1 Å². The Hall–Kier alpha value is -1.57. The predicted molar refractivity (Wildman–Crippen MR) is 58.0 cm³/mol. The molecule has 1 aromatic rings. The van der Waals surface area contributed by atoms with Crippen LogP contribution in [0.3, 0.4) is 0 Å². The first-order chi connectivity index (χ1) is 7.57. The standard InChI is InChI=1S/C11H10ClNO3/c12-9-5-1-3-8(10(14)11(15)16)7(9)4-2-6-13/h1,3,5,10,14H,2,4H2,(H,15,16). The van der Waals surface area contributed by atoms with Crippen molar-refractivity contribution in [3.05, 3.63) is 34.3 Å². The van der Waals surface area contributed by atoms with E-state index in [0.29, 0.717) is 17.0 Å². The van der Waals surface area contributed by atoms with Gasteiger partial charge in [0.05, 0.1) is 6.07 Å². The second-order valence-corrected chi connectivity index (χ2v) is 3.61. The van der Waals surface area contributed by atoms with Crippen molar-refractivity contribution in [2.45, 2.75) is 18.9 Å². The lowest BCUT2D eigenvalue weighted by Gasteiger charge is -2.12. The number of aliphatic hydroxyl groups excluding tert-OH is 1. The number of aliphatic hydroxyl groups is 1. The molecule has 16 heavy (non-hydrogen) atoms. The summed E-state index contributed by atoms with van der Waals surface area (Å²) in [4.78, 5) is 10.7. The quantitative estimate of drug-likeness (QED) is 0.841. The summed E-state index contributed by atoms with van der Waals surface area (Å²) in [5.41, 5.74) is 0.760. The van der Waals surface area contributed by atoms with E-state index >= 15 is 0 Å². The molecule has 2 N–H and O–H groups in total. The first-order valence-electron chi connectivity index (χ1n) is 4.63. The molecule has 0 saturated carbocycles. The van der Waals surface area contributed by atoms with E-state index in [2.05, 4.69) is 0 Å². The third-order valence-corrected chi connectivity index (χ3v) is 2.52. The number of hydrogen-bond acceptors (Lipinski definition) is 3. The fourth-order valence-electron chi connectivity index (χ4n) is 1.41. The maximum Gasteiger partial charge on any atom is 0.337 e. The number of aliphatic carboxylic acids is 1. The minimum Gasteiger partial charge on any atom is -0.479 e. The van der Waals surface area contributed by atoms with E-state index in [-0.39, 0.29) is 12.0 Å². The van der Waals surface area contributed by atoms with Crippen molar-refractivity contribution in [1.29, 1.82) is 5.26 Å². The van der Waals surface area contributed by atoms with Crippen LogP contribution in [0.15, 0.2) is 18.2 Å². The van der Waals surface area contributed by atoms with Crippen molar-refractivity contribution in [2.24, 2.45) is 0 Å². The topological polar surface area (TPSA) is 81.3 Å². The maximum atomic E-state index is 10.7. The van der Waals surface area contributed by atoms with Gasteiger partial charge in [0, 0.05) is 11.4 Å². The molecule has 1 atom stereocenters. The number of carboxylic acid groups (broad SMARTS) is 1. The molecule has 0 saturated heterocycles. The number of rotatable bonds is 4. The molecule has 0 bridgehead atoms. The van der Waals surface area contributed by atoms with Crippen molar-refractivity contribution in [3.63, 3.8) is 0 Å². The summed E-state index contributed by atoms with van der Waals surface area (Å²) in [6, 6.07) is 6.62. The molecule has 1 unspecified atom stereocenters. The fourth-order valence-corrected chi connectivity index (χ4v) is 1.69. The lowest BCUT2D eigenvalue weighted by Crippen LogP contribution is -2.13. The van der Waals surface area contributed by atoms with Crippen molar-refractivity contribution >= 4 is 17.6 Å².